The highest BCUT2D eigenvalue weighted by molar-refractivity contribution is 5.75. The summed E-state index contributed by atoms with van der Waals surface area (Å²) in [5.41, 5.74) is 2.43. The van der Waals surface area contributed by atoms with E-state index in [0.29, 0.717) is 17.1 Å². The fourth-order valence-electron chi connectivity index (χ4n) is 2.34. The van der Waals surface area contributed by atoms with Crippen molar-refractivity contribution in [2.75, 3.05) is 6.61 Å². The largest absolute Gasteiger partial charge is 0.481 e. The van der Waals surface area contributed by atoms with Gasteiger partial charge in [0.05, 0.1) is 11.6 Å². The maximum Gasteiger partial charge on any atom is 0.349 e. The van der Waals surface area contributed by atoms with Gasteiger partial charge in [-0.05, 0) is 35.9 Å². The second kappa shape index (κ2) is 7.80. The third kappa shape index (κ3) is 4.24. The molecule has 4 nitrogen and oxygen atoms in total. The van der Waals surface area contributed by atoms with Crippen molar-refractivity contribution in [2.24, 2.45) is 0 Å². The molecule has 3 aromatic carbocycles. The molecule has 3 aromatic rings. The molecular weight excluding hydrogens is 314 g/mol. The lowest BCUT2D eigenvalue weighted by atomic mass is 10.1. The number of nitrogens with zero attached hydrogens (tertiary/aromatic N) is 1. The van der Waals surface area contributed by atoms with Crippen LogP contribution in [0.15, 0.2) is 78.9 Å². The Morgan fingerprint density at radius 1 is 0.880 bits per heavy atom. The van der Waals surface area contributed by atoms with E-state index in [1.807, 2.05) is 60.7 Å². The van der Waals surface area contributed by atoms with Crippen molar-refractivity contribution in [3.05, 3.63) is 84.4 Å². The number of benzene rings is 3. The molecule has 0 unspecified atom stereocenters. The van der Waals surface area contributed by atoms with E-state index in [9.17, 15) is 4.79 Å². The summed E-state index contributed by atoms with van der Waals surface area (Å²) in [4.78, 5) is 12.0. The Hall–Kier alpha value is -3.58. The van der Waals surface area contributed by atoms with Gasteiger partial charge in [-0.2, -0.15) is 5.26 Å². The Kier molecular flexibility index (Phi) is 5.08. The van der Waals surface area contributed by atoms with E-state index >= 15 is 0 Å². The summed E-state index contributed by atoms with van der Waals surface area (Å²) in [7, 11) is 0. The molecule has 0 bridgehead atoms. The van der Waals surface area contributed by atoms with Crippen molar-refractivity contribution in [1.82, 2.24) is 0 Å². The number of nitriles is 1. The van der Waals surface area contributed by atoms with Crippen LogP contribution >= 0.6 is 0 Å². The minimum atomic E-state index is -0.507. The molecule has 4 heteroatoms. The first-order valence-electron chi connectivity index (χ1n) is 7.74. The zero-order valence-corrected chi connectivity index (χ0v) is 13.4. The number of para-hydroxylation sites is 1. The van der Waals surface area contributed by atoms with Crippen LogP contribution in [-0.4, -0.2) is 12.6 Å². The monoisotopic (exact) mass is 329 g/mol. The summed E-state index contributed by atoms with van der Waals surface area (Å²) in [6.45, 7) is -0.205. The van der Waals surface area contributed by atoms with E-state index in [1.54, 1.807) is 24.3 Å². The van der Waals surface area contributed by atoms with E-state index in [1.165, 1.54) is 0 Å². The number of carbonyl (C=O) groups is 1. The summed E-state index contributed by atoms with van der Waals surface area (Å²) >= 11 is 0. The number of esters is 1. The predicted molar refractivity (Wildman–Crippen MR) is 94.2 cm³/mol. The first-order chi connectivity index (χ1) is 12.3. The van der Waals surface area contributed by atoms with Gasteiger partial charge in [0, 0.05) is 5.56 Å². The van der Waals surface area contributed by atoms with Crippen molar-refractivity contribution in [3.63, 3.8) is 0 Å². The second-order valence-electron chi connectivity index (χ2n) is 5.26. The molecule has 0 fully saturated rings. The van der Waals surface area contributed by atoms with Crippen LogP contribution in [0.4, 0.5) is 0 Å². The molecule has 122 valence electrons. The average molecular weight is 329 g/mol. The van der Waals surface area contributed by atoms with Crippen molar-refractivity contribution in [1.29, 1.82) is 5.26 Å². The molecule has 0 N–H and O–H groups in total. The van der Waals surface area contributed by atoms with Gasteiger partial charge >= 0.3 is 5.97 Å². The summed E-state index contributed by atoms with van der Waals surface area (Å²) in [6, 6.07) is 25.7. The molecule has 0 aromatic heterocycles. The van der Waals surface area contributed by atoms with Crippen LogP contribution in [0.5, 0.6) is 11.5 Å². The highest BCUT2D eigenvalue weighted by Crippen LogP contribution is 2.29. The van der Waals surface area contributed by atoms with Crippen molar-refractivity contribution >= 4 is 5.97 Å². The van der Waals surface area contributed by atoms with E-state index in [4.69, 9.17) is 14.7 Å². The highest BCUT2D eigenvalue weighted by Gasteiger charge is 2.10. The predicted octanol–water partition coefficient (Wildman–Crippen LogP) is 4.21. The number of hydrogen-bond donors (Lipinski definition) is 0. The van der Waals surface area contributed by atoms with Gasteiger partial charge in [0.2, 0.25) is 0 Å². The summed E-state index contributed by atoms with van der Waals surface area (Å²) in [6.07, 6.45) is 0. The quantitative estimate of drug-likeness (QED) is 0.520. The lowest BCUT2D eigenvalue weighted by molar-refractivity contribution is -0.136. The van der Waals surface area contributed by atoms with Crippen molar-refractivity contribution in [2.45, 2.75) is 0 Å². The number of carbonyl (C=O) groups excluding carboxylic acids is 1. The first-order valence-corrected chi connectivity index (χ1v) is 7.74. The third-order valence-corrected chi connectivity index (χ3v) is 3.53. The molecule has 25 heavy (non-hydrogen) atoms. The number of hydrogen-bond acceptors (Lipinski definition) is 4. The molecule has 0 saturated carbocycles. The molecule has 0 saturated heterocycles. The van der Waals surface area contributed by atoms with Gasteiger partial charge < -0.3 is 9.47 Å². The lowest BCUT2D eigenvalue weighted by Crippen LogP contribution is -2.17. The van der Waals surface area contributed by atoms with Crippen LogP contribution in [0.2, 0.25) is 0 Å². The van der Waals surface area contributed by atoms with E-state index in [0.717, 1.165) is 11.1 Å². The van der Waals surface area contributed by atoms with E-state index < -0.39 is 5.97 Å². The van der Waals surface area contributed by atoms with E-state index in [2.05, 4.69) is 0 Å². The Balaban J connectivity index is 1.65. The first kappa shape index (κ1) is 16.3. The highest BCUT2D eigenvalue weighted by atomic mass is 16.6. The Labute approximate surface area is 145 Å². The lowest BCUT2D eigenvalue weighted by Gasteiger charge is -2.11. The zero-order valence-electron chi connectivity index (χ0n) is 13.4. The number of ether oxygens (including phenoxy) is 2. The minimum Gasteiger partial charge on any atom is -0.481 e. The van der Waals surface area contributed by atoms with Crippen molar-refractivity contribution in [3.8, 4) is 28.7 Å². The van der Waals surface area contributed by atoms with Gasteiger partial charge in [-0.1, -0.05) is 48.5 Å². The summed E-state index contributed by atoms with van der Waals surface area (Å²) in [5.74, 6) is 0.488. The normalized spacial score (nSPS) is 9.88. The maximum absolute atomic E-state index is 12.0. The van der Waals surface area contributed by atoms with Gasteiger partial charge in [0.15, 0.2) is 6.61 Å². The van der Waals surface area contributed by atoms with Gasteiger partial charge in [0.1, 0.15) is 11.5 Å². The van der Waals surface area contributed by atoms with E-state index in [-0.39, 0.29) is 6.61 Å². The van der Waals surface area contributed by atoms with Crippen LogP contribution in [0.25, 0.3) is 11.1 Å². The smallest absolute Gasteiger partial charge is 0.349 e. The number of rotatable bonds is 5. The zero-order chi connectivity index (χ0) is 17.5. The van der Waals surface area contributed by atoms with Crippen LogP contribution in [0, 0.1) is 11.3 Å². The molecule has 0 aliphatic carbocycles. The van der Waals surface area contributed by atoms with Crippen LogP contribution < -0.4 is 9.47 Å². The van der Waals surface area contributed by atoms with Gasteiger partial charge in [-0.3, -0.25) is 0 Å². The standard InChI is InChI=1S/C21H15NO3/c22-14-16-10-12-18(13-11-16)25-21(23)15-24-20-9-5-4-8-19(20)17-6-2-1-3-7-17/h1-13H,15H2. The molecular formula is C21H15NO3. The van der Waals surface area contributed by atoms with Crippen molar-refractivity contribution < 1.29 is 14.3 Å². The minimum absolute atomic E-state index is 0.205. The van der Waals surface area contributed by atoms with Crippen LogP contribution in [0.3, 0.4) is 0 Å². The summed E-state index contributed by atoms with van der Waals surface area (Å²) < 4.78 is 10.9. The Morgan fingerprint density at radius 2 is 1.56 bits per heavy atom. The molecule has 0 amide bonds. The fraction of sp³-hybridized carbons (Fsp3) is 0.0476. The average Bonchev–Trinajstić information content (AvgIpc) is 2.68. The Bertz CT molecular complexity index is 896. The Morgan fingerprint density at radius 3 is 2.28 bits per heavy atom. The van der Waals surface area contributed by atoms with Gasteiger partial charge in [0.25, 0.3) is 0 Å². The van der Waals surface area contributed by atoms with Crippen LogP contribution in [0.1, 0.15) is 5.56 Å². The maximum atomic E-state index is 12.0. The fourth-order valence-corrected chi connectivity index (χ4v) is 2.34. The molecule has 0 aliphatic heterocycles. The SMILES string of the molecule is N#Cc1ccc(OC(=O)COc2ccccc2-c2ccccc2)cc1. The van der Waals surface area contributed by atoms with Gasteiger partial charge in [-0.25, -0.2) is 4.79 Å². The molecule has 3 rings (SSSR count). The topological polar surface area (TPSA) is 59.3 Å². The molecule has 0 radical (unpaired) electrons. The molecule has 0 aliphatic rings. The molecule has 0 heterocycles. The molecule has 0 spiro atoms. The third-order valence-electron chi connectivity index (χ3n) is 3.53. The van der Waals surface area contributed by atoms with Gasteiger partial charge in [-0.15, -0.1) is 0 Å². The second-order valence-corrected chi connectivity index (χ2v) is 5.26. The molecule has 0 atom stereocenters. The van der Waals surface area contributed by atoms with Crippen LogP contribution in [-0.2, 0) is 4.79 Å². The summed E-state index contributed by atoms with van der Waals surface area (Å²) in [5, 5.41) is 8.76.